The van der Waals surface area contributed by atoms with Gasteiger partial charge in [0.15, 0.2) is 0 Å². The third-order valence-electron chi connectivity index (χ3n) is 2.99. The largest absolute Gasteiger partial charge is 0.339 e. The van der Waals surface area contributed by atoms with Crippen LogP contribution in [0.25, 0.3) is 11.4 Å². The molecule has 23 heavy (non-hydrogen) atoms. The van der Waals surface area contributed by atoms with E-state index in [2.05, 4.69) is 32.6 Å². The Kier molecular flexibility index (Phi) is 5.09. The number of aryl methyl sites for hydroxylation is 2. The Morgan fingerprint density at radius 3 is 3.04 bits per heavy atom. The first-order valence-electron chi connectivity index (χ1n) is 7.22. The highest BCUT2D eigenvalue weighted by Gasteiger charge is 2.12. The van der Waals surface area contributed by atoms with Gasteiger partial charge >= 0.3 is 0 Å². The zero-order valence-electron chi connectivity index (χ0n) is 12.5. The zero-order chi connectivity index (χ0) is 16.1. The van der Waals surface area contributed by atoms with Crippen molar-refractivity contribution in [3.05, 3.63) is 27.7 Å². The van der Waals surface area contributed by atoms with Crippen LogP contribution in [0.15, 0.2) is 21.3 Å². The molecule has 9 heteroatoms. The predicted octanol–water partition coefficient (Wildman–Crippen LogP) is 3.17. The van der Waals surface area contributed by atoms with E-state index in [4.69, 9.17) is 4.52 Å². The maximum absolute atomic E-state index is 11.9. The number of carbonyl (C=O) groups is 1. The number of hydrogen-bond acceptors (Lipinski definition) is 8. The van der Waals surface area contributed by atoms with Gasteiger partial charge in [0.25, 0.3) is 0 Å². The van der Waals surface area contributed by atoms with Crippen molar-refractivity contribution in [3.63, 3.8) is 0 Å². The number of aromatic nitrogens is 4. The molecule has 0 aliphatic heterocycles. The third-order valence-corrected chi connectivity index (χ3v) is 4.57. The van der Waals surface area contributed by atoms with E-state index in [0.29, 0.717) is 23.3 Å². The van der Waals surface area contributed by atoms with E-state index in [0.717, 1.165) is 23.4 Å². The van der Waals surface area contributed by atoms with Crippen LogP contribution in [-0.4, -0.2) is 26.2 Å². The number of nitrogens with zero attached hydrogens (tertiary/aromatic N) is 4. The molecule has 0 unspecified atom stereocenters. The molecule has 1 amide bonds. The van der Waals surface area contributed by atoms with Gasteiger partial charge in [0.2, 0.25) is 22.8 Å². The average molecular weight is 349 g/mol. The molecule has 3 aromatic rings. The van der Waals surface area contributed by atoms with Crippen LogP contribution >= 0.6 is 22.7 Å². The minimum absolute atomic E-state index is 0.139. The summed E-state index contributed by atoms with van der Waals surface area (Å²) in [5, 5.41) is 20.0. The number of hydrogen-bond donors (Lipinski definition) is 1. The molecule has 0 bridgehead atoms. The summed E-state index contributed by atoms with van der Waals surface area (Å²) in [7, 11) is 0. The number of anilines is 1. The Balaban J connectivity index is 1.50. The van der Waals surface area contributed by atoms with Gasteiger partial charge < -0.3 is 9.84 Å². The van der Waals surface area contributed by atoms with E-state index < -0.39 is 0 Å². The molecule has 0 aliphatic carbocycles. The van der Waals surface area contributed by atoms with E-state index in [9.17, 15) is 4.79 Å². The van der Waals surface area contributed by atoms with Crippen LogP contribution in [0.3, 0.4) is 0 Å². The summed E-state index contributed by atoms with van der Waals surface area (Å²) in [5.74, 6) is 0.861. The lowest BCUT2D eigenvalue weighted by atomic mass is 10.3. The molecule has 0 fully saturated rings. The summed E-state index contributed by atoms with van der Waals surface area (Å²) in [6.45, 7) is 2.08. The van der Waals surface area contributed by atoms with Gasteiger partial charge in [-0.2, -0.15) is 16.3 Å². The highest BCUT2D eigenvalue weighted by molar-refractivity contribution is 7.15. The number of rotatable bonds is 7. The lowest BCUT2D eigenvalue weighted by molar-refractivity contribution is -0.116. The summed E-state index contributed by atoms with van der Waals surface area (Å²) in [4.78, 5) is 16.2. The standard InChI is InChI=1S/C14H15N5O2S2/c1-2-3-12-17-18-14(23-12)15-10(20)4-5-11-16-13(19-21-11)9-6-7-22-8-9/h6-8H,2-5H2,1H3,(H,15,18,20). The molecule has 0 aliphatic rings. The van der Waals surface area contributed by atoms with Crippen LogP contribution < -0.4 is 5.32 Å². The van der Waals surface area contributed by atoms with Crippen molar-refractivity contribution in [1.82, 2.24) is 20.3 Å². The molecule has 120 valence electrons. The quantitative estimate of drug-likeness (QED) is 0.704. The van der Waals surface area contributed by atoms with Gasteiger partial charge in [-0.3, -0.25) is 4.79 Å². The monoisotopic (exact) mass is 349 g/mol. The maximum Gasteiger partial charge on any atom is 0.227 e. The Morgan fingerprint density at radius 2 is 2.26 bits per heavy atom. The summed E-state index contributed by atoms with van der Waals surface area (Å²) in [5.41, 5.74) is 0.923. The second-order valence-electron chi connectivity index (χ2n) is 4.82. The van der Waals surface area contributed by atoms with Gasteiger partial charge in [-0.1, -0.05) is 23.4 Å². The SMILES string of the molecule is CCCc1nnc(NC(=O)CCc2nc(-c3ccsc3)no2)s1. The smallest absolute Gasteiger partial charge is 0.227 e. The molecule has 0 saturated heterocycles. The van der Waals surface area contributed by atoms with Gasteiger partial charge in [-0.15, -0.1) is 10.2 Å². The summed E-state index contributed by atoms with van der Waals surface area (Å²) < 4.78 is 5.16. The summed E-state index contributed by atoms with van der Waals surface area (Å²) in [6.07, 6.45) is 2.53. The van der Waals surface area contributed by atoms with Crippen molar-refractivity contribution in [2.24, 2.45) is 0 Å². The first-order valence-corrected chi connectivity index (χ1v) is 8.98. The first kappa shape index (κ1) is 15.8. The molecular formula is C14H15N5O2S2. The van der Waals surface area contributed by atoms with Crippen molar-refractivity contribution < 1.29 is 9.32 Å². The van der Waals surface area contributed by atoms with Crippen LogP contribution in [0.5, 0.6) is 0 Å². The number of nitrogens with one attached hydrogen (secondary N) is 1. The minimum atomic E-state index is -0.139. The predicted molar refractivity (Wildman–Crippen MR) is 88.5 cm³/mol. The van der Waals surface area contributed by atoms with E-state index in [1.807, 2.05) is 16.8 Å². The van der Waals surface area contributed by atoms with E-state index in [1.54, 1.807) is 11.3 Å². The van der Waals surface area contributed by atoms with Crippen molar-refractivity contribution >= 4 is 33.7 Å². The normalized spacial score (nSPS) is 10.8. The Morgan fingerprint density at radius 1 is 1.35 bits per heavy atom. The van der Waals surface area contributed by atoms with Crippen LogP contribution in [0.1, 0.15) is 30.7 Å². The Hall–Kier alpha value is -2.13. The highest BCUT2D eigenvalue weighted by atomic mass is 32.1. The minimum Gasteiger partial charge on any atom is -0.339 e. The van der Waals surface area contributed by atoms with E-state index >= 15 is 0 Å². The molecule has 0 saturated carbocycles. The van der Waals surface area contributed by atoms with Crippen LogP contribution in [-0.2, 0) is 17.6 Å². The summed E-state index contributed by atoms with van der Waals surface area (Å²) in [6, 6.07) is 1.93. The van der Waals surface area contributed by atoms with E-state index in [-0.39, 0.29) is 12.3 Å². The molecule has 1 N–H and O–H groups in total. The summed E-state index contributed by atoms with van der Waals surface area (Å²) >= 11 is 2.98. The zero-order valence-corrected chi connectivity index (χ0v) is 14.1. The second-order valence-corrected chi connectivity index (χ2v) is 6.66. The fourth-order valence-electron chi connectivity index (χ4n) is 1.89. The molecular weight excluding hydrogens is 334 g/mol. The number of amides is 1. The molecule has 0 spiro atoms. The Bertz CT molecular complexity index is 766. The van der Waals surface area contributed by atoms with Crippen LogP contribution in [0.4, 0.5) is 5.13 Å². The highest BCUT2D eigenvalue weighted by Crippen LogP contribution is 2.19. The topological polar surface area (TPSA) is 93.8 Å². The van der Waals surface area contributed by atoms with Gasteiger partial charge in [0.1, 0.15) is 5.01 Å². The third kappa shape index (κ3) is 4.20. The molecule has 3 heterocycles. The Labute approximate surface area is 140 Å². The fourth-order valence-corrected chi connectivity index (χ4v) is 3.38. The van der Waals surface area contributed by atoms with Crippen LogP contribution in [0.2, 0.25) is 0 Å². The average Bonchev–Trinajstić information content (AvgIpc) is 3.27. The van der Waals surface area contributed by atoms with Crippen molar-refractivity contribution in [1.29, 1.82) is 0 Å². The van der Waals surface area contributed by atoms with Crippen molar-refractivity contribution in [2.45, 2.75) is 32.6 Å². The van der Waals surface area contributed by atoms with Crippen LogP contribution in [0, 0.1) is 0 Å². The second kappa shape index (κ2) is 7.42. The lowest BCUT2D eigenvalue weighted by Gasteiger charge is -1.98. The lowest BCUT2D eigenvalue weighted by Crippen LogP contribution is -2.12. The van der Waals surface area contributed by atoms with Gasteiger partial charge in [-0.05, 0) is 17.9 Å². The van der Waals surface area contributed by atoms with Crippen molar-refractivity contribution in [2.75, 3.05) is 5.32 Å². The van der Waals surface area contributed by atoms with Gasteiger partial charge in [-0.25, -0.2) is 0 Å². The van der Waals surface area contributed by atoms with E-state index in [1.165, 1.54) is 11.3 Å². The first-order chi connectivity index (χ1) is 11.2. The maximum atomic E-state index is 11.9. The molecule has 3 rings (SSSR count). The number of thiophene rings is 1. The molecule has 0 aromatic carbocycles. The number of carbonyl (C=O) groups excluding carboxylic acids is 1. The molecule has 3 aromatic heterocycles. The fraction of sp³-hybridized carbons (Fsp3) is 0.357. The van der Waals surface area contributed by atoms with Gasteiger partial charge in [0.05, 0.1) is 0 Å². The van der Waals surface area contributed by atoms with Crippen molar-refractivity contribution in [3.8, 4) is 11.4 Å². The molecule has 7 nitrogen and oxygen atoms in total. The molecule has 0 atom stereocenters. The molecule has 0 radical (unpaired) electrons. The van der Waals surface area contributed by atoms with Gasteiger partial charge in [0, 0.05) is 30.2 Å².